The van der Waals surface area contributed by atoms with Gasteiger partial charge in [-0.1, -0.05) is 18.2 Å². The molecule has 3 N–H and O–H groups in total. The monoisotopic (exact) mass is 512 g/mol. The van der Waals surface area contributed by atoms with Crippen LogP contribution in [-0.4, -0.2) is 45.5 Å². The Morgan fingerprint density at radius 3 is 2.24 bits per heavy atom. The van der Waals surface area contributed by atoms with Crippen LogP contribution in [0.3, 0.4) is 0 Å². The lowest BCUT2D eigenvalue weighted by atomic mass is 10.1. The van der Waals surface area contributed by atoms with Gasteiger partial charge in [0.15, 0.2) is 0 Å². The second kappa shape index (κ2) is 10.3. The largest absolute Gasteiger partial charge is 0.477 e. The zero-order chi connectivity index (χ0) is 26.7. The van der Waals surface area contributed by atoms with Crippen molar-refractivity contribution >= 4 is 29.3 Å². The molecule has 2 heterocycles. The number of amides is 3. The third kappa shape index (κ3) is 5.88. The molecule has 3 amide bonds. The first-order valence-electron chi connectivity index (χ1n) is 11.4. The van der Waals surface area contributed by atoms with Crippen molar-refractivity contribution in [3.63, 3.8) is 0 Å². The van der Waals surface area contributed by atoms with Crippen LogP contribution in [0.15, 0.2) is 60.8 Å². The fraction of sp³-hybridized carbons (Fsp3) is 0.231. The molecule has 3 aromatic rings. The predicted molar refractivity (Wildman–Crippen MR) is 130 cm³/mol. The summed E-state index contributed by atoms with van der Waals surface area (Å²) in [6, 6.07) is 12.0. The van der Waals surface area contributed by atoms with Gasteiger partial charge in [0, 0.05) is 29.7 Å². The molecule has 1 atom stereocenters. The molecule has 0 unspecified atom stereocenters. The van der Waals surface area contributed by atoms with Crippen molar-refractivity contribution in [2.24, 2.45) is 0 Å². The van der Waals surface area contributed by atoms with Crippen LogP contribution in [0.1, 0.15) is 34.5 Å². The Labute approximate surface area is 210 Å². The van der Waals surface area contributed by atoms with E-state index in [0.29, 0.717) is 30.6 Å². The van der Waals surface area contributed by atoms with Gasteiger partial charge >= 0.3 is 18.2 Å². The second-order valence-corrected chi connectivity index (χ2v) is 8.61. The number of urea groups is 1. The molecule has 1 aliphatic rings. The Kier molecular flexibility index (Phi) is 7.14. The van der Waals surface area contributed by atoms with Crippen molar-refractivity contribution in [1.82, 2.24) is 9.88 Å². The minimum absolute atomic E-state index is 0.0157. The number of pyridine rings is 1. The van der Waals surface area contributed by atoms with Crippen molar-refractivity contribution < 1.29 is 32.7 Å². The van der Waals surface area contributed by atoms with Crippen molar-refractivity contribution in [2.75, 3.05) is 17.2 Å². The van der Waals surface area contributed by atoms with E-state index in [1.54, 1.807) is 30.3 Å². The number of carbonyl (C=O) groups is 3. The summed E-state index contributed by atoms with van der Waals surface area (Å²) in [6.07, 6.45) is -1.98. The Hall–Kier alpha value is -4.41. The maximum Gasteiger partial charge on any atom is 0.416 e. The number of aryl methyl sites for hydroxylation is 1. The lowest BCUT2D eigenvalue weighted by molar-refractivity contribution is -0.138. The Morgan fingerprint density at radius 1 is 0.973 bits per heavy atom. The van der Waals surface area contributed by atoms with Gasteiger partial charge in [0.1, 0.15) is 11.7 Å². The van der Waals surface area contributed by atoms with Crippen molar-refractivity contribution in [3.8, 4) is 11.1 Å². The molecule has 11 heteroatoms. The van der Waals surface area contributed by atoms with E-state index in [4.69, 9.17) is 5.11 Å². The van der Waals surface area contributed by atoms with Gasteiger partial charge < -0.3 is 20.6 Å². The summed E-state index contributed by atoms with van der Waals surface area (Å²) in [5, 5.41) is 14.3. The standard InChI is InChI=1S/C26H23F3N4O4/c1-15-13-19(9-10-20(15)26(27,28)29)32-25(37)33-12-2-3-22(33)23(34)31-18-7-4-16(5-8-18)17-6-11-21(24(35)36)30-14-17/h4-11,13-14,22H,2-3,12H2,1H3,(H,31,34)(H,32,37)(H,35,36)/t22-/m0/s1. The summed E-state index contributed by atoms with van der Waals surface area (Å²) in [7, 11) is 0. The van der Waals surface area contributed by atoms with Crippen molar-refractivity contribution in [3.05, 3.63) is 77.6 Å². The van der Waals surface area contributed by atoms with Crippen LogP contribution in [0.5, 0.6) is 0 Å². The maximum atomic E-state index is 13.0. The first kappa shape index (κ1) is 25.7. The fourth-order valence-corrected chi connectivity index (χ4v) is 4.20. The average molecular weight is 512 g/mol. The fourth-order valence-electron chi connectivity index (χ4n) is 4.20. The zero-order valence-corrected chi connectivity index (χ0v) is 19.7. The zero-order valence-electron chi connectivity index (χ0n) is 19.7. The number of aromatic carboxylic acids is 1. The summed E-state index contributed by atoms with van der Waals surface area (Å²) in [6.45, 7) is 1.65. The van der Waals surface area contributed by atoms with E-state index in [2.05, 4.69) is 15.6 Å². The Balaban J connectivity index is 1.39. The molecule has 1 aromatic heterocycles. The molecule has 0 spiro atoms. The molecule has 1 saturated heterocycles. The Morgan fingerprint density at radius 2 is 1.65 bits per heavy atom. The van der Waals surface area contributed by atoms with Crippen LogP contribution in [-0.2, 0) is 11.0 Å². The quantitative estimate of drug-likeness (QED) is 0.423. The third-order valence-corrected chi connectivity index (χ3v) is 6.07. The molecule has 0 aliphatic carbocycles. The average Bonchev–Trinajstić information content (AvgIpc) is 3.34. The van der Waals surface area contributed by atoms with E-state index in [1.807, 2.05) is 0 Å². The Bertz CT molecular complexity index is 1330. The summed E-state index contributed by atoms with van der Waals surface area (Å²) in [5.74, 6) is -1.50. The normalized spacial score (nSPS) is 15.4. The number of likely N-dealkylation sites (tertiary alicyclic amines) is 1. The van der Waals surface area contributed by atoms with Gasteiger partial charge in [0.05, 0.1) is 5.56 Å². The van der Waals surface area contributed by atoms with Crippen LogP contribution < -0.4 is 10.6 Å². The van der Waals surface area contributed by atoms with E-state index >= 15 is 0 Å². The van der Waals surface area contributed by atoms with Crippen LogP contribution in [0, 0.1) is 6.92 Å². The van der Waals surface area contributed by atoms with E-state index in [1.165, 1.54) is 36.2 Å². The number of carbonyl (C=O) groups excluding carboxylic acids is 2. The van der Waals surface area contributed by atoms with Crippen LogP contribution in [0.2, 0.25) is 0 Å². The highest BCUT2D eigenvalue weighted by atomic mass is 19.4. The smallest absolute Gasteiger partial charge is 0.416 e. The molecule has 192 valence electrons. The van der Waals surface area contributed by atoms with Gasteiger partial charge in [-0.2, -0.15) is 13.2 Å². The number of nitrogens with zero attached hydrogens (tertiary/aromatic N) is 2. The number of carboxylic acid groups (broad SMARTS) is 1. The highest BCUT2D eigenvalue weighted by Gasteiger charge is 2.35. The van der Waals surface area contributed by atoms with Gasteiger partial charge in [0.25, 0.3) is 0 Å². The lowest BCUT2D eigenvalue weighted by Crippen LogP contribution is -2.45. The molecule has 0 radical (unpaired) electrons. The number of carboxylic acids is 1. The number of alkyl halides is 3. The summed E-state index contributed by atoms with van der Waals surface area (Å²) < 4.78 is 39.0. The first-order valence-corrected chi connectivity index (χ1v) is 11.4. The SMILES string of the molecule is Cc1cc(NC(=O)N2CCC[C@H]2C(=O)Nc2ccc(-c3ccc(C(=O)O)nc3)cc2)ccc1C(F)(F)F. The van der Waals surface area contributed by atoms with Crippen molar-refractivity contribution in [1.29, 1.82) is 0 Å². The van der Waals surface area contributed by atoms with E-state index in [9.17, 15) is 27.6 Å². The molecular formula is C26H23F3N4O4. The minimum Gasteiger partial charge on any atom is -0.477 e. The summed E-state index contributed by atoms with van der Waals surface area (Å²) in [4.78, 5) is 41.9. The number of nitrogens with one attached hydrogen (secondary N) is 2. The van der Waals surface area contributed by atoms with Crippen LogP contribution >= 0.6 is 0 Å². The lowest BCUT2D eigenvalue weighted by Gasteiger charge is -2.24. The summed E-state index contributed by atoms with van der Waals surface area (Å²) in [5.41, 5.74) is 1.35. The minimum atomic E-state index is -4.48. The number of rotatable bonds is 5. The van der Waals surface area contributed by atoms with Gasteiger partial charge in [-0.05, 0) is 67.3 Å². The van der Waals surface area contributed by atoms with Gasteiger partial charge in [-0.15, -0.1) is 0 Å². The maximum absolute atomic E-state index is 13.0. The van der Waals surface area contributed by atoms with Gasteiger partial charge in [-0.3, -0.25) is 4.79 Å². The first-order chi connectivity index (χ1) is 17.5. The number of halogens is 3. The second-order valence-electron chi connectivity index (χ2n) is 8.61. The molecular weight excluding hydrogens is 489 g/mol. The molecule has 1 aliphatic heterocycles. The van der Waals surface area contributed by atoms with Crippen LogP contribution in [0.4, 0.5) is 29.3 Å². The topological polar surface area (TPSA) is 112 Å². The molecule has 1 fully saturated rings. The molecule has 37 heavy (non-hydrogen) atoms. The number of hydrogen-bond donors (Lipinski definition) is 3. The van der Waals surface area contributed by atoms with Gasteiger partial charge in [-0.25, -0.2) is 14.6 Å². The van der Waals surface area contributed by atoms with E-state index in [0.717, 1.165) is 11.6 Å². The van der Waals surface area contributed by atoms with Crippen LogP contribution in [0.25, 0.3) is 11.1 Å². The molecule has 4 rings (SSSR count). The number of anilines is 2. The van der Waals surface area contributed by atoms with Crippen molar-refractivity contribution in [2.45, 2.75) is 32.0 Å². The highest BCUT2D eigenvalue weighted by molar-refractivity contribution is 5.99. The van der Waals surface area contributed by atoms with Gasteiger partial charge in [0.2, 0.25) is 5.91 Å². The van der Waals surface area contributed by atoms with E-state index < -0.39 is 29.8 Å². The summed E-state index contributed by atoms with van der Waals surface area (Å²) >= 11 is 0. The highest BCUT2D eigenvalue weighted by Crippen LogP contribution is 2.33. The molecule has 0 saturated carbocycles. The predicted octanol–water partition coefficient (Wildman–Crippen LogP) is 5.41. The third-order valence-electron chi connectivity index (χ3n) is 6.07. The number of benzene rings is 2. The molecule has 0 bridgehead atoms. The van der Waals surface area contributed by atoms with E-state index in [-0.39, 0.29) is 22.9 Å². The number of hydrogen-bond acceptors (Lipinski definition) is 4. The molecule has 8 nitrogen and oxygen atoms in total. The molecule has 2 aromatic carbocycles. The number of aromatic nitrogens is 1.